The Labute approximate surface area is 97.7 Å². The normalized spacial score (nSPS) is 14.2. The van der Waals surface area contributed by atoms with Gasteiger partial charge in [-0.2, -0.15) is 0 Å². The van der Waals surface area contributed by atoms with E-state index in [0.717, 1.165) is 0 Å². The summed E-state index contributed by atoms with van der Waals surface area (Å²) in [5.41, 5.74) is -0.869. The third-order valence-electron chi connectivity index (χ3n) is 1.93. The smallest absolute Gasteiger partial charge is 0.408 e. The number of carbonyl (C=O) groups is 2. The van der Waals surface area contributed by atoms with Crippen molar-refractivity contribution in [3.8, 4) is 0 Å². The number of rotatable bonds is 2. The molecule has 0 fully saturated rings. The van der Waals surface area contributed by atoms with Crippen molar-refractivity contribution < 1.29 is 14.3 Å². The Balaban J connectivity index is 4.56. The molecular weight excluding hydrogens is 206 g/mol. The van der Waals surface area contributed by atoms with E-state index >= 15 is 0 Å². The summed E-state index contributed by atoms with van der Waals surface area (Å²) in [5, 5.41) is 2.60. The summed E-state index contributed by atoms with van der Waals surface area (Å²) in [4.78, 5) is 23.0. The molecule has 0 radical (unpaired) electrons. The number of hydrogen-bond acceptors (Lipinski definition) is 3. The van der Waals surface area contributed by atoms with Gasteiger partial charge in [-0.25, -0.2) is 4.79 Å². The minimum atomic E-state index is -0.553. The number of hydrogen-bond donors (Lipinski definition) is 1. The van der Waals surface area contributed by atoms with E-state index in [1.165, 1.54) is 6.92 Å². The number of amides is 1. The first-order chi connectivity index (χ1) is 6.93. The zero-order valence-corrected chi connectivity index (χ0v) is 11.3. The lowest BCUT2D eigenvalue weighted by molar-refractivity contribution is -0.121. The molecule has 0 heterocycles. The van der Waals surface area contributed by atoms with Gasteiger partial charge in [0, 0.05) is 0 Å². The zero-order valence-electron chi connectivity index (χ0n) is 11.3. The quantitative estimate of drug-likeness (QED) is 0.791. The highest BCUT2D eigenvalue weighted by molar-refractivity contribution is 5.86. The molecule has 0 aromatic carbocycles. The maximum absolute atomic E-state index is 11.5. The average Bonchev–Trinajstić information content (AvgIpc) is 1.93. The van der Waals surface area contributed by atoms with Crippen molar-refractivity contribution in [2.45, 2.75) is 60.1 Å². The van der Waals surface area contributed by atoms with Gasteiger partial charge in [-0.05, 0) is 33.1 Å². The Hall–Kier alpha value is -1.06. The fourth-order valence-corrected chi connectivity index (χ4v) is 1.35. The van der Waals surface area contributed by atoms with E-state index in [4.69, 9.17) is 4.74 Å². The van der Waals surface area contributed by atoms with Crippen molar-refractivity contribution in [3.05, 3.63) is 0 Å². The maximum atomic E-state index is 11.5. The van der Waals surface area contributed by atoms with Crippen LogP contribution in [0.25, 0.3) is 0 Å². The predicted molar refractivity (Wildman–Crippen MR) is 63.3 cm³/mol. The van der Waals surface area contributed by atoms with Crippen LogP contribution in [-0.2, 0) is 9.53 Å². The monoisotopic (exact) mass is 229 g/mol. The Morgan fingerprint density at radius 2 is 1.50 bits per heavy atom. The Morgan fingerprint density at radius 3 is 1.75 bits per heavy atom. The molecule has 16 heavy (non-hydrogen) atoms. The van der Waals surface area contributed by atoms with E-state index in [0.29, 0.717) is 0 Å². The third-order valence-corrected chi connectivity index (χ3v) is 1.93. The first-order valence-corrected chi connectivity index (χ1v) is 5.43. The van der Waals surface area contributed by atoms with Gasteiger partial charge in [-0.1, -0.05) is 20.8 Å². The van der Waals surface area contributed by atoms with E-state index < -0.39 is 17.7 Å². The van der Waals surface area contributed by atoms with Gasteiger partial charge in [0.1, 0.15) is 5.60 Å². The molecule has 0 aliphatic rings. The summed E-state index contributed by atoms with van der Waals surface area (Å²) >= 11 is 0. The van der Waals surface area contributed by atoms with Crippen molar-refractivity contribution in [3.63, 3.8) is 0 Å². The molecular formula is C12H23NO3. The van der Waals surface area contributed by atoms with Crippen molar-refractivity contribution >= 4 is 11.9 Å². The van der Waals surface area contributed by atoms with Crippen LogP contribution in [0.3, 0.4) is 0 Å². The highest BCUT2D eigenvalue weighted by atomic mass is 16.6. The van der Waals surface area contributed by atoms with Crippen LogP contribution >= 0.6 is 0 Å². The molecule has 0 aliphatic carbocycles. The molecule has 0 aromatic heterocycles. The zero-order chi connectivity index (χ0) is 13.1. The first kappa shape index (κ1) is 14.9. The Morgan fingerprint density at radius 1 is 1.06 bits per heavy atom. The van der Waals surface area contributed by atoms with Gasteiger partial charge in [-0.3, -0.25) is 4.79 Å². The van der Waals surface area contributed by atoms with Crippen LogP contribution in [-0.4, -0.2) is 23.5 Å². The molecule has 1 N–H and O–H groups in total. The molecule has 0 saturated carbocycles. The second kappa shape index (κ2) is 4.85. The topological polar surface area (TPSA) is 55.4 Å². The van der Waals surface area contributed by atoms with Gasteiger partial charge in [0.15, 0.2) is 5.78 Å². The number of alkyl carbamates (subject to hydrolysis) is 1. The molecule has 4 heteroatoms. The minimum absolute atomic E-state index is 0.0710. The number of nitrogens with one attached hydrogen (secondary N) is 1. The van der Waals surface area contributed by atoms with Crippen LogP contribution in [0.5, 0.6) is 0 Å². The molecule has 1 atom stereocenters. The summed E-state index contributed by atoms with van der Waals surface area (Å²) in [7, 11) is 0. The maximum Gasteiger partial charge on any atom is 0.408 e. The molecule has 0 bridgehead atoms. The molecule has 0 saturated heterocycles. The van der Waals surface area contributed by atoms with Crippen molar-refractivity contribution in [2.24, 2.45) is 5.41 Å². The fourth-order valence-electron chi connectivity index (χ4n) is 1.35. The van der Waals surface area contributed by atoms with Gasteiger partial charge in [0.2, 0.25) is 0 Å². The van der Waals surface area contributed by atoms with Crippen molar-refractivity contribution in [1.82, 2.24) is 5.32 Å². The highest BCUT2D eigenvalue weighted by Gasteiger charge is 2.31. The summed E-state index contributed by atoms with van der Waals surface area (Å²) in [6.07, 6.45) is -0.553. The molecule has 0 spiro atoms. The van der Waals surface area contributed by atoms with E-state index in [-0.39, 0.29) is 11.2 Å². The van der Waals surface area contributed by atoms with Crippen molar-refractivity contribution in [2.75, 3.05) is 0 Å². The number of ether oxygens (including phenoxy) is 1. The standard InChI is InChI=1S/C12H23NO3/c1-8(14)9(11(2,3)4)13-10(15)16-12(5,6)7/h9H,1-7H3,(H,13,15). The van der Waals surface area contributed by atoms with Crippen LogP contribution in [0.4, 0.5) is 4.79 Å². The van der Waals surface area contributed by atoms with Crippen LogP contribution in [0.2, 0.25) is 0 Å². The lowest BCUT2D eigenvalue weighted by atomic mass is 9.85. The van der Waals surface area contributed by atoms with Gasteiger partial charge in [-0.15, -0.1) is 0 Å². The molecule has 4 nitrogen and oxygen atoms in total. The SMILES string of the molecule is CC(=O)C(NC(=O)OC(C)(C)C)C(C)(C)C. The molecule has 0 aliphatic heterocycles. The summed E-state index contributed by atoms with van der Waals surface area (Å²) in [6.45, 7) is 12.5. The number of carbonyl (C=O) groups excluding carboxylic acids is 2. The Bertz CT molecular complexity index is 271. The second-order valence-electron chi connectivity index (χ2n) is 6.06. The summed E-state index contributed by atoms with van der Waals surface area (Å²) < 4.78 is 5.11. The highest BCUT2D eigenvalue weighted by Crippen LogP contribution is 2.20. The second-order valence-corrected chi connectivity index (χ2v) is 6.06. The molecule has 1 unspecified atom stereocenters. The fraction of sp³-hybridized carbons (Fsp3) is 0.833. The Kier molecular flexibility index (Phi) is 4.53. The number of ketones is 1. The van der Waals surface area contributed by atoms with Gasteiger partial charge < -0.3 is 10.1 Å². The van der Waals surface area contributed by atoms with Gasteiger partial charge in [0.05, 0.1) is 6.04 Å². The molecule has 0 aromatic rings. The molecule has 94 valence electrons. The number of Topliss-reactive ketones (excluding diaryl/α,β-unsaturated/α-hetero) is 1. The van der Waals surface area contributed by atoms with Crippen LogP contribution in [0.1, 0.15) is 48.5 Å². The average molecular weight is 229 g/mol. The van der Waals surface area contributed by atoms with Gasteiger partial charge >= 0.3 is 6.09 Å². The van der Waals surface area contributed by atoms with E-state index in [9.17, 15) is 9.59 Å². The predicted octanol–water partition coefficient (Wildman–Crippen LogP) is 2.51. The third kappa shape index (κ3) is 5.73. The minimum Gasteiger partial charge on any atom is -0.444 e. The largest absolute Gasteiger partial charge is 0.444 e. The molecule has 0 rings (SSSR count). The van der Waals surface area contributed by atoms with Gasteiger partial charge in [0.25, 0.3) is 0 Å². The lowest BCUT2D eigenvalue weighted by Crippen LogP contribution is -2.49. The lowest BCUT2D eigenvalue weighted by Gasteiger charge is -2.30. The van der Waals surface area contributed by atoms with E-state index in [1.807, 2.05) is 20.8 Å². The van der Waals surface area contributed by atoms with E-state index in [1.54, 1.807) is 20.8 Å². The first-order valence-electron chi connectivity index (χ1n) is 5.43. The molecule has 1 amide bonds. The van der Waals surface area contributed by atoms with E-state index in [2.05, 4.69) is 5.32 Å². The summed E-state index contributed by atoms with van der Waals surface area (Å²) in [6, 6.07) is -0.526. The van der Waals surface area contributed by atoms with Crippen LogP contribution in [0, 0.1) is 5.41 Å². The van der Waals surface area contributed by atoms with Crippen LogP contribution < -0.4 is 5.32 Å². The summed E-state index contributed by atoms with van der Waals surface area (Å²) in [5.74, 6) is -0.0710. The van der Waals surface area contributed by atoms with Crippen molar-refractivity contribution in [1.29, 1.82) is 0 Å². The van der Waals surface area contributed by atoms with Crippen LogP contribution in [0.15, 0.2) is 0 Å².